The van der Waals surface area contributed by atoms with Gasteiger partial charge in [-0.05, 0) is 55.7 Å². The number of hydrogen-bond donors (Lipinski definition) is 2. The molecule has 7 heteroatoms. The van der Waals surface area contributed by atoms with Crippen molar-refractivity contribution in [1.29, 1.82) is 0 Å². The molecule has 7 nitrogen and oxygen atoms in total. The van der Waals surface area contributed by atoms with Gasteiger partial charge in [-0.1, -0.05) is 12.1 Å². The van der Waals surface area contributed by atoms with Crippen LogP contribution in [0.5, 0.6) is 0 Å². The normalized spacial score (nSPS) is 13.3. The number of benzene rings is 2. The largest absolute Gasteiger partial charge is 0.326 e. The third-order valence-electron chi connectivity index (χ3n) is 4.75. The molecule has 2 aromatic carbocycles. The van der Waals surface area contributed by atoms with E-state index in [4.69, 9.17) is 0 Å². The number of para-hydroxylation sites is 1. The van der Waals surface area contributed by atoms with Crippen LogP contribution in [0.2, 0.25) is 0 Å². The van der Waals surface area contributed by atoms with Gasteiger partial charge >= 0.3 is 0 Å². The van der Waals surface area contributed by atoms with Crippen LogP contribution >= 0.6 is 0 Å². The maximum atomic E-state index is 12.6. The van der Waals surface area contributed by atoms with Gasteiger partial charge in [-0.3, -0.25) is 19.0 Å². The van der Waals surface area contributed by atoms with E-state index >= 15 is 0 Å². The van der Waals surface area contributed by atoms with Crippen LogP contribution in [0, 0.1) is 12.8 Å². The third kappa shape index (κ3) is 3.78. The standard InChI is InChI=1S/C21H20N4O3/c1-13-3-2-4-17-19(13)22-12-25(21(17)28)11-18(26)23-15-7-9-16(10-8-15)24-20(27)14-5-6-14/h2-4,7-10,12,14H,5-6,11H2,1H3,(H,23,26)(H,24,27). The molecule has 28 heavy (non-hydrogen) atoms. The molecule has 0 atom stereocenters. The number of nitrogens with zero attached hydrogens (tertiary/aromatic N) is 2. The van der Waals surface area contributed by atoms with E-state index < -0.39 is 0 Å². The van der Waals surface area contributed by atoms with Gasteiger partial charge < -0.3 is 10.6 Å². The molecule has 0 saturated heterocycles. The van der Waals surface area contributed by atoms with Crippen LogP contribution in [-0.2, 0) is 16.1 Å². The molecule has 1 heterocycles. The first kappa shape index (κ1) is 17.9. The zero-order valence-electron chi connectivity index (χ0n) is 15.4. The Balaban J connectivity index is 1.43. The zero-order chi connectivity index (χ0) is 19.7. The van der Waals surface area contributed by atoms with Gasteiger partial charge in [0.1, 0.15) is 6.54 Å². The maximum Gasteiger partial charge on any atom is 0.261 e. The predicted molar refractivity (Wildman–Crippen MR) is 107 cm³/mol. The van der Waals surface area contributed by atoms with Gasteiger partial charge in [0.05, 0.1) is 17.2 Å². The lowest BCUT2D eigenvalue weighted by Gasteiger charge is -2.10. The lowest BCUT2D eigenvalue weighted by atomic mass is 10.1. The summed E-state index contributed by atoms with van der Waals surface area (Å²) in [4.78, 5) is 41.0. The van der Waals surface area contributed by atoms with Crippen LogP contribution in [-0.4, -0.2) is 21.4 Å². The number of aromatic nitrogens is 2. The highest BCUT2D eigenvalue weighted by Gasteiger charge is 2.29. The van der Waals surface area contributed by atoms with Gasteiger partial charge in [0.25, 0.3) is 5.56 Å². The van der Waals surface area contributed by atoms with E-state index in [0.29, 0.717) is 22.3 Å². The average molecular weight is 376 g/mol. The molecule has 142 valence electrons. The molecular formula is C21H20N4O3. The minimum Gasteiger partial charge on any atom is -0.326 e. The number of amides is 2. The van der Waals surface area contributed by atoms with Gasteiger partial charge in [0.2, 0.25) is 11.8 Å². The van der Waals surface area contributed by atoms with Gasteiger partial charge in [-0.15, -0.1) is 0 Å². The minimum atomic E-state index is -0.328. The summed E-state index contributed by atoms with van der Waals surface area (Å²) in [5.41, 5.74) is 2.60. The van der Waals surface area contributed by atoms with E-state index in [9.17, 15) is 14.4 Å². The lowest BCUT2D eigenvalue weighted by Crippen LogP contribution is -2.28. The Bertz CT molecular complexity index is 1110. The number of nitrogens with one attached hydrogen (secondary N) is 2. The van der Waals surface area contributed by atoms with Crippen LogP contribution in [0.4, 0.5) is 11.4 Å². The van der Waals surface area contributed by atoms with Crippen molar-refractivity contribution in [1.82, 2.24) is 9.55 Å². The summed E-state index contributed by atoms with van der Waals surface area (Å²) in [7, 11) is 0. The first-order chi connectivity index (χ1) is 13.5. The maximum absolute atomic E-state index is 12.6. The van der Waals surface area contributed by atoms with Crippen molar-refractivity contribution in [3.8, 4) is 0 Å². The molecule has 0 unspecified atom stereocenters. The first-order valence-electron chi connectivity index (χ1n) is 9.17. The minimum absolute atomic E-state index is 0.0372. The van der Waals surface area contributed by atoms with Gasteiger partial charge in [-0.2, -0.15) is 0 Å². The van der Waals surface area contributed by atoms with Crippen LogP contribution in [0.3, 0.4) is 0 Å². The van der Waals surface area contributed by atoms with Crippen molar-refractivity contribution in [2.45, 2.75) is 26.3 Å². The second-order valence-electron chi connectivity index (χ2n) is 7.04. The van der Waals surface area contributed by atoms with E-state index in [1.165, 1.54) is 10.9 Å². The van der Waals surface area contributed by atoms with Crippen LogP contribution in [0.1, 0.15) is 18.4 Å². The number of hydrogen-bond acceptors (Lipinski definition) is 4. The molecule has 2 N–H and O–H groups in total. The fraction of sp³-hybridized carbons (Fsp3) is 0.238. The van der Waals surface area contributed by atoms with Crippen molar-refractivity contribution in [3.63, 3.8) is 0 Å². The highest BCUT2D eigenvalue weighted by atomic mass is 16.2. The van der Waals surface area contributed by atoms with Crippen molar-refractivity contribution in [3.05, 3.63) is 64.7 Å². The summed E-state index contributed by atoms with van der Waals surface area (Å²) in [6.07, 6.45) is 3.29. The quantitative estimate of drug-likeness (QED) is 0.716. The second kappa shape index (κ2) is 7.26. The second-order valence-corrected chi connectivity index (χ2v) is 7.04. The van der Waals surface area contributed by atoms with E-state index in [1.54, 1.807) is 36.4 Å². The molecule has 1 aromatic heterocycles. The molecule has 0 aliphatic heterocycles. The fourth-order valence-corrected chi connectivity index (χ4v) is 3.03. The SMILES string of the molecule is Cc1cccc2c(=O)n(CC(=O)Nc3ccc(NC(=O)C4CC4)cc3)cnc12. The fourth-order valence-electron chi connectivity index (χ4n) is 3.03. The molecule has 2 amide bonds. The Hall–Kier alpha value is -3.48. The van der Waals surface area contributed by atoms with Crippen molar-refractivity contribution < 1.29 is 9.59 Å². The number of fused-ring (bicyclic) bond motifs is 1. The molecule has 4 rings (SSSR count). The highest BCUT2D eigenvalue weighted by molar-refractivity contribution is 5.95. The van der Waals surface area contributed by atoms with Gasteiger partial charge in [0, 0.05) is 17.3 Å². The molecule has 3 aromatic rings. The van der Waals surface area contributed by atoms with Gasteiger partial charge in [-0.25, -0.2) is 4.98 Å². The Morgan fingerprint density at radius 2 is 1.75 bits per heavy atom. The van der Waals surface area contributed by atoms with E-state index in [2.05, 4.69) is 15.6 Å². The lowest BCUT2D eigenvalue weighted by molar-refractivity contribution is -0.117. The molecule has 1 aliphatic carbocycles. The number of anilines is 2. The predicted octanol–water partition coefficient (Wildman–Crippen LogP) is 2.69. The van der Waals surface area contributed by atoms with Crippen molar-refractivity contribution in [2.24, 2.45) is 5.92 Å². The highest BCUT2D eigenvalue weighted by Crippen LogP contribution is 2.30. The monoisotopic (exact) mass is 376 g/mol. The molecule has 1 aliphatic rings. The average Bonchev–Trinajstić information content (AvgIpc) is 3.51. The summed E-state index contributed by atoms with van der Waals surface area (Å²) in [5, 5.41) is 6.09. The first-order valence-corrected chi connectivity index (χ1v) is 9.17. The smallest absolute Gasteiger partial charge is 0.261 e. The number of rotatable bonds is 5. The Labute approximate surface area is 161 Å². The summed E-state index contributed by atoms with van der Waals surface area (Å²) in [6.45, 7) is 1.76. The molecule has 0 bridgehead atoms. The summed E-state index contributed by atoms with van der Waals surface area (Å²) >= 11 is 0. The Kier molecular flexibility index (Phi) is 4.65. The number of aryl methyl sites for hydroxylation is 1. The van der Waals surface area contributed by atoms with Crippen LogP contribution < -0.4 is 16.2 Å². The summed E-state index contributed by atoms with van der Waals surface area (Å²) in [6, 6.07) is 12.3. The van der Waals surface area contributed by atoms with Crippen molar-refractivity contribution >= 4 is 34.1 Å². The van der Waals surface area contributed by atoms with Crippen LogP contribution in [0.15, 0.2) is 53.6 Å². The summed E-state index contributed by atoms with van der Waals surface area (Å²) < 4.78 is 1.29. The van der Waals surface area contributed by atoms with Gasteiger partial charge in [0.15, 0.2) is 0 Å². The molecular weight excluding hydrogens is 356 g/mol. The summed E-state index contributed by atoms with van der Waals surface area (Å²) in [5.74, 6) is -0.155. The van der Waals surface area contributed by atoms with E-state index in [-0.39, 0.29) is 29.8 Å². The zero-order valence-corrected chi connectivity index (χ0v) is 15.4. The van der Waals surface area contributed by atoms with Crippen LogP contribution in [0.25, 0.3) is 10.9 Å². The number of carbonyl (C=O) groups is 2. The Morgan fingerprint density at radius 3 is 2.43 bits per heavy atom. The van der Waals surface area contributed by atoms with E-state index in [1.807, 2.05) is 13.0 Å². The molecule has 1 saturated carbocycles. The third-order valence-corrected chi connectivity index (χ3v) is 4.75. The molecule has 0 radical (unpaired) electrons. The van der Waals surface area contributed by atoms with E-state index in [0.717, 1.165) is 18.4 Å². The molecule has 1 fully saturated rings. The van der Waals surface area contributed by atoms with Crippen molar-refractivity contribution in [2.75, 3.05) is 10.6 Å². The Morgan fingerprint density at radius 1 is 1.07 bits per heavy atom. The topological polar surface area (TPSA) is 93.1 Å². The number of carbonyl (C=O) groups excluding carboxylic acids is 2. The molecule has 0 spiro atoms.